The van der Waals surface area contributed by atoms with E-state index in [4.69, 9.17) is 27.9 Å². The first-order chi connectivity index (χ1) is 14.3. The number of hydrogen-bond acceptors (Lipinski definition) is 4. The van der Waals surface area contributed by atoms with E-state index in [1.54, 1.807) is 28.8 Å². The number of hydrogen-bond donors (Lipinski definition) is 0. The molecule has 0 aliphatic carbocycles. The molecule has 0 bridgehead atoms. The average molecular weight is 465 g/mol. The van der Waals surface area contributed by atoms with Crippen LogP contribution in [0.25, 0.3) is 0 Å². The average Bonchev–Trinajstić information content (AvgIpc) is 3.12. The molecule has 2 aromatic rings. The van der Waals surface area contributed by atoms with Gasteiger partial charge in [0.2, 0.25) is 0 Å². The molecule has 0 aromatic heterocycles. The highest BCUT2D eigenvalue weighted by atomic mass is 35.5. The zero-order valence-corrected chi connectivity index (χ0v) is 19.9. The zero-order chi connectivity index (χ0) is 21.8. The molecule has 0 spiro atoms. The van der Waals surface area contributed by atoms with Gasteiger partial charge in [-0.15, -0.1) is 0 Å². The molecule has 1 heterocycles. The molecule has 1 amide bonds. The fourth-order valence-electron chi connectivity index (χ4n) is 3.25. The standard InChI is InChI=1S/C23H26Cl2N2O2S/c1-5-18-13-30-23(26-17-8-6-16(24)7-9-17)27(18)22(28)12-29-21-10-15(4)20(25)11-19(21)14(2)3/h6-11,14,18H,5,12-13H2,1-4H3. The summed E-state index contributed by atoms with van der Waals surface area (Å²) in [6.45, 7) is 8.13. The second kappa shape index (κ2) is 10.1. The van der Waals surface area contributed by atoms with Crippen molar-refractivity contribution in [3.05, 3.63) is 57.6 Å². The fraction of sp³-hybridized carbons (Fsp3) is 0.391. The molecule has 7 heteroatoms. The van der Waals surface area contributed by atoms with Crippen LogP contribution >= 0.6 is 35.0 Å². The third kappa shape index (κ3) is 5.32. The molecule has 1 atom stereocenters. The van der Waals surface area contributed by atoms with Gasteiger partial charge in [-0.3, -0.25) is 9.69 Å². The number of rotatable bonds is 6. The van der Waals surface area contributed by atoms with Gasteiger partial charge in [0, 0.05) is 21.8 Å². The Hall–Kier alpha value is -1.69. The Balaban J connectivity index is 1.80. The molecule has 30 heavy (non-hydrogen) atoms. The largest absolute Gasteiger partial charge is 0.483 e. The number of thioether (sulfide) groups is 1. The number of carbonyl (C=O) groups is 1. The maximum absolute atomic E-state index is 13.1. The molecule has 4 nitrogen and oxygen atoms in total. The lowest BCUT2D eigenvalue weighted by molar-refractivity contribution is -0.130. The second-order valence-corrected chi connectivity index (χ2v) is 9.42. The number of ether oxygens (including phenoxy) is 1. The molecule has 0 N–H and O–H groups in total. The van der Waals surface area contributed by atoms with Crippen molar-refractivity contribution >= 4 is 51.7 Å². The van der Waals surface area contributed by atoms with E-state index in [1.165, 1.54) is 0 Å². The van der Waals surface area contributed by atoms with Crippen LogP contribution in [0.1, 0.15) is 44.2 Å². The van der Waals surface area contributed by atoms with Gasteiger partial charge in [-0.25, -0.2) is 4.99 Å². The Kier molecular flexibility index (Phi) is 7.72. The first kappa shape index (κ1) is 23.0. The lowest BCUT2D eigenvalue weighted by atomic mass is 10.0. The molecular weight excluding hydrogens is 439 g/mol. The highest BCUT2D eigenvalue weighted by Crippen LogP contribution is 2.33. The molecule has 2 aromatic carbocycles. The van der Waals surface area contributed by atoms with Gasteiger partial charge in [0.1, 0.15) is 5.75 Å². The predicted octanol–water partition coefficient (Wildman–Crippen LogP) is 6.85. The van der Waals surface area contributed by atoms with Crippen molar-refractivity contribution in [2.24, 2.45) is 4.99 Å². The van der Waals surface area contributed by atoms with Crippen LogP contribution in [0.3, 0.4) is 0 Å². The van der Waals surface area contributed by atoms with E-state index in [9.17, 15) is 4.79 Å². The van der Waals surface area contributed by atoms with Gasteiger partial charge in [-0.05, 0) is 66.8 Å². The van der Waals surface area contributed by atoms with Crippen LogP contribution in [0.4, 0.5) is 5.69 Å². The van der Waals surface area contributed by atoms with Crippen LogP contribution < -0.4 is 4.74 Å². The van der Waals surface area contributed by atoms with E-state index < -0.39 is 0 Å². The lowest BCUT2D eigenvalue weighted by Crippen LogP contribution is -2.41. The molecule has 0 saturated carbocycles. The number of amides is 1. The summed E-state index contributed by atoms with van der Waals surface area (Å²) < 4.78 is 5.98. The SMILES string of the molecule is CCC1CSC(=Nc2ccc(Cl)cc2)N1C(=O)COc1cc(C)c(Cl)cc1C(C)C. The fourth-order valence-corrected chi connectivity index (χ4v) is 4.83. The number of nitrogens with zero attached hydrogens (tertiary/aromatic N) is 2. The van der Waals surface area contributed by atoms with Crippen molar-refractivity contribution in [2.75, 3.05) is 12.4 Å². The van der Waals surface area contributed by atoms with Crippen LogP contribution in [0.2, 0.25) is 10.0 Å². The summed E-state index contributed by atoms with van der Waals surface area (Å²) in [4.78, 5) is 19.6. The summed E-state index contributed by atoms with van der Waals surface area (Å²) in [6.07, 6.45) is 0.857. The number of aryl methyl sites for hydroxylation is 1. The molecule has 160 valence electrons. The third-order valence-electron chi connectivity index (χ3n) is 5.03. The van der Waals surface area contributed by atoms with Gasteiger partial charge in [0.25, 0.3) is 5.91 Å². The smallest absolute Gasteiger partial charge is 0.266 e. The maximum atomic E-state index is 13.1. The van der Waals surface area contributed by atoms with E-state index in [2.05, 4.69) is 25.8 Å². The summed E-state index contributed by atoms with van der Waals surface area (Å²) >= 11 is 13.8. The van der Waals surface area contributed by atoms with E-state index in [0.717, 1.165) is 29.0 Å². The molecule has 1 fully saturated rings. The minimum absolute atomic E-state index is 0.0442. The summed E-state index contributed by atoms with van der Waals surface area (Å²) in [6, 6.07) is 11.2. The van der Waals surface area contributed by atoms with E-state index in [1.807, 2.05) is 31.2 Å². The van der Waals surface area contributed by atoms with Crippen LogP contribution in [-0.2, 0) is 4.79 Å². The molecule has 1 unspecified atom stereocenters. The Morgan fingerprint density at radius 2 is 1.97 bits per heavy atom. The molecule has 1 aliphatic heterocycles. The molecule has 0 radical (unpaired) electrons. The molecule has 3 rings (SSSR count). The normalized spacial score (nSPS) is 17.8. The van der Waals surface area contributed by atoms with Crippen molar-refractivity contribution in [1.29, 1.82) is 0 Å². The maximum Gasteiger partial charge on any atom is 0.266 e. The van der Waals surface area contributed by atoms with E-state index in [-0.39, 0.29) is 24.5 Å². The van der Waals surface area contributed by atoms with Crippen molar-refractivity contribution < 1.29 is 9.53 Å². The lowest BCUT2D eigenvalue weighted by Gasteiger charge is -2.24. The van der Waals surface area contributed by atoms with Crippen molar-refractivity contribution in [3.8, 4) is 5.75 Å². The molecule has 1 aliphatic rings. The first-order valence-electron chi connectivity index (χ1n) is 10.0. The van der Waals surface area contributed by atoms with Crippen LogP contribution in [0.15, 0.2) is 41.4 Å². The predicted molar refractivity (Wildman–Crippen MR) is 128 cm³/mol. The first-order valence-corrected chi connectivity index (χ1v) is 11.8. The highest BCUT2D eigenvalue weighted by molar-refractivity contribution is 8.14. The summed E-state index contributed by atoms with van der Waals surface area (Å²) in [5.41, 5.74) is 2.70. The van der Waals surface area contributed by atoms with E-state index >= 15 is 0 Å². The molecular formula is C23H26Cl2N2O2S. The van der Waals surface area contributed by atoms with Gasteiger partial charge >= 0.3 is 0 Å². The summed E-state index contributed by atoms with van der Waals surface area (Å²) in [5, 5.41) is 2.07. The second-order valence-electron chi connectivity index (χ2n) is 7.59. The van der Waals surface area contributed by atoms with Crippen LogP contribution in [0, 0.1) is 6.92 Å². The Bertz CT molecular complexity index is 945. The molecule has 1 saturated heterocycles. The Morgan fingerprint density at radius 1 is 1.27 bits per heavy atom. The van der Waals surface area contributed by atoms with Crippen LogP contribution in [-0.4, -0.2) is 34.4 Å². The number of halogens is 2. The number of benzene rings is 2. The zero-order valence-electron chi connectivity index (χ0n) is 17.6. The highest BCUT2D eigenvalue weighted by Gasteiger charge is 2.34. The van der Waals surface area contributed by atoms with Crippen molar-refractivity contribution in [1.82, 2.24) is 4.90 Å². The minimum atomic E-state index is -0.0955. The van der Waals surface area contributed by atoms with Gasteiger partial charge < -0.3 is 4.74 Å². The Labute approximate surface area is 192 Å². The van der Waals surface area contributed by atoms with Gasteiger partial charge in [0.05, 0.1) is 5.69 Å². The summed E-state index contributed by atoms with van der Waals surface area (Å²) in [5.74, 6) is 1.67. The van der Waals surface area contributed by atoms with Crippen molar-refractivity contribution in [2.45, 2.75) is 46.1 Å². The van der Waals surface area contributed by atoms with Crippen molar-refractivity contribution in [3.63, 3.8) is 0 Å². The minimum Gasteiger partial charge on any atom is -0.483 e. The summed E-state index contributed by atoms with van der Waals surface area (Å²) in [7, 11) is 0. The number of amidine groups is 1. The Morgan fingerprint density at radius 3 is 2.60 bits per heavy atom. The quantitative estimate of drug-likeness (QED) is 0.469. The third-order valence-corrected chi connectivity index (χ3v) is 6.79. The number of aliphatic imine (C=N–C) groups is 1. The number of carbonyl (C=O) groups excluding carboxylic acids is 1. The van der Waals surface area contributed by atoms with Gasteiger partial charge in [0.15, 0.2) is 11.8 Å². The van der Waals surface area contributed by atoms with Gasteiger partial charge in [-0.2, -0.15) is 0 Å². The monoisotopic (exact) mass is 464 g/mol. The van der Waals surface area contributed by atoms with Gasteiger partial charge in [-0.1, -0.05) is 55.7 Å². The topological polar surface area (TPSA) is 41.9 Å². The van der Waals surface area contributed by atoms with Crippen LogP contribution in [0.5, 0.6) is 5.75 Å². The van der Waals surface area contributed by atoms with E-state index in [0.29, 0.717) is 21.0 Å².